The highest BCUT2D eigenvalue weighted by Gasteiger charge is 2.15. The molecule has 0 aliphatic carbocycles. The van der Waals surface area contributed by atoms with Crippen LogP contribution in [0.2, 0.25) is 0 Å². The summed E-state index contributed by atoms with van der Waals surface area (Å²) in [7, 11) is 0. The van der Waals surface area contributed by atoms with Gasteiger partial charge in [-0.25, -0.2) is 0 Å². The average Bonchev–Trinajstić information content (AvgIpc) is 2.49. The Bertz CT molecular complexity index is 569. The smallest absolute Gasteiger partial charge is 0.0640 e. The number of anilines is 2. The van der Waals surface area contributed by atoms with Gasteiger partial charge < -0.3 is 10.6 Å². The van der Waals surface area contributed by atoms with Gasteiger partial charge in [-0.3, -0.25) is 0 Å². The molecule has 0 radical (unpaired) electrons. The minimum absolute atomic E-state index is 0.200. The zero-order valence-corrected chi connectivity index (χ0v) is 11.7. The Morgan fingerprint density at radius 1 is 1.10 bits per heavy atom. The molecule has 0 aliphatic rings. The summed E-state index contributed by atoms with van der Waals surface area (Å²) in [5, 5.41) is 8.86. The summed E-state index contributed by atoms with van der Waals surface area (Å²) in [4.78, 5) is 2.24. The van der Waals surface area contributed by atoms with Crippen molar-refractivity contribution in [2.45, 2.75) is 19.4 Å². The number of nitrogen functional groups attached to an aromatic ring is 1. The van der Waals surface area contributed by atoms with E-state index < -0.39 is 0 Å². The van der Waals surface area contributed by atoms with Crippen LogP contribution in [0, 0.1) is 11.3 Å². The van der Waals surface area contributed by atoms with Crippen LogP contribution in [-0.4, -0.2) is 6.54 Å². The number of hydrogen-bond acceptors (Lipinski definition) is 3. The van der Waals surface area contributed by atoms with E-state index >= 15 is 0 Å². The SMILES string of the molecule is CC(c1ccc(N)cc1)N(CCC#N)c1ccccc1. The molecule has 2 aromatic carbocycles. The van der Waals surface area contributed by atoms with Crippen LogP contribution < -0.4 is 10.6 Å². The molecule has 0 amide bonds. The third-order valence-electron chi connectivity index (χ3n) is 3.44. The van der Waals surface area contributed by atoms with Gasteiger partial charge in [0, 0.05) is 17.9 Å². The molecule has 0 bridgehead atoms. The van der Waals surface area contributed by atoms with Gasteiger partial charge in [0.15, 0.2) is 0 Å². The summed E-state index contributed by atoms with van der Waals surface area (Å²) in [6.45, 7) is 2.86. The molecule has 0 aliphatic heterocycles. The highest BCUT2D eigenvalue weighted by atomic mass is 15.2. The van der Waals surface area contributed by atoms with Crippen LogP contribution in [-0.2, 0) is 0 Å². The number of hydrogen-bond donors (Lipinski definition) is 1. The molecule has 0 heterocycles. The number of benzene rings is 2. The maximum Gasteiger partial charge on any atom is 0.0640 e. The summed E-state index contributed by atoms with van der Waals surface area (Å²) in [5.74, 6) is 0. The third-order valence-corrected chi connectivity index (χ3v) is 3.44. The quantitative estimate of drug-likeness (QED) is 0.838. The van der Waals surface area contributed by atoms with Crippen molar-refractivity contribution < 1.29 is 0 Å². The summed E-state index contributed by atoms with van der Waals surface area (Å²) >= 11 is 0. The second kappa shape index (κ2) is 6.63. The largest absolute Gasteiger partial charge is 0.399 e. The van der Waals surface area contributed by atoms with Gasteiger partial charge >= 0.3 is 0 Å². The van der Waals surface area contributed by atoms with Crippen molar-refractivity contribution in [3.05, 3.63) is 60.2 Å². The van der Waals surface area contributed by atoms with E-state index in [1.165, 1.54) is 5.56 Å². The summed E-state index contributed by atoms with van der Waals surface area (Å²) in [6, 6.07) is 20.5. The molecule has 0 aromatic heterocycles. The Balaban J connectivity index is 2.26. The lowest BCUT2D eigenvalue weighted by Crippen LogP contribution is -2.27. The van der Waals surface area contributed by atoms with Crippen LogP contribution in [0.4, 0.5) is 11.4 Å². The van der Waals surface area contributed by atoms with E-state index in [9.17, 15) is 0 Å². The van der Waals surface area contributed by atoms with Crippen molar-refractivity contribution in [1.82, 2.24) is 0 Å². The molecule has 20 heavy (non-hydrogen) atoms. The molecule has 2 rings (SSSR count). The minimum Gasteiger partial charge on any atom is -0.399 e. The van der Waals surface area contributed by atoms with Gasteiger partial charge in [-0.1, -0.05) is 30.3 Å². The molecule has 2 aromatic rings. The first-order valence-electron chi connectivity index (χ1n) is 6.76. The van der Waals surface area contributed by atoms with Crippen LogP contribution >= 0.6 is 0 Å². The third kappa shape index (κ3) is 3.30. The van der Waals surface area contributed by atoms with Crippen LogP contribution in [0.3, 0.4) is 0 Å². The summed E-state index contributed by atoms with van der Waals surface area (Å²) < 4.78 is 0. The van der Waals surface area contributed by atoms with Gasteiger partial charge in [-0.15, -0.1) is 0 Å². The van der Waals surface area contributed by atoms with Gasteiger partial charge in [0.1, 0.15) is 0 Å². The van der Waals surface area contributed by atoms with Gasteiger partial charge in [0.2, 0.25) is 0 Å². The van der Waals surface area contributed by atoms with E-state index in [4.69, 9.17) is 11.0 Å². The second-order valence-corrected chi connectivity index (χ2v) is 4.78. The normalized spacial score (nSPS) is 11.6. The molecule has 0 saturated carbocycles. The van der Waals surface area contributed by atoms with Crippen molar-refractivity contribution in [3.63, 3.8) is 0 Å². The van der Waals surface area contributed by atoms with Crippen molar-refractivity contribution >= 4 is 11.4 Å². The number of nitriles is 1. The van der Waals surface area contributed by atoms with Gasteiger partial charge in [-0.05, 0) is 36.8 Å². The number of nitrogens with zero attached hydrogens (tertiary/aromatic N) is 2. The van der Waals surface area contributed by atoms with Crippen molar-refractivity contribution in [1.29, 1.82) is 5.26 Å². The standard InChI is InChI=1S/C17H19N3/c1-14(15-8-10-16(19)11-9-15)20(13-5-12-18)17-6-3-2-4-7-17/h2-4,6-11,14H,5,13,19H2,1H3. The van der Waals surface area contributed by atoms with Gasteiger partial charge in [0.05, 0.1) is 18.5 Å². The maximum absolute atomic E-state index is 8.86. The minimum atomic E-state index is 0.200. The molecule has 0 spiro atoms. The van der Waals surface area contributed by atoms with Crippen LogP contribution in [0.5, 0.6) is 0 Å². The van der Waals surface area contributed by atoms with E-state index in [0.29, 0.717) is 13.0 Å². The number of nitrogens with two attached hydrogens (primary N) is 1. The Hall–Kier alpha value is -2.47. The van der Waals surface area contributed by atoms with E-state index in [1.54, 1.807) is 0 Å². The van der Waals surface area contributed by atoms with Crippen LogP contribution in [0.15, 0.2) is 54.6 Å². The predicted molar refractivity (Wildman–Crippen MR) is 83.3 cm³/mol. The molecule has 1 atom stereocenters. The number of rotatable bonds is 5. The lowest BCUT2D eigenvalue weighted by atomic mass is 10.1. The topological polar surface area (TPSA) is 53.0 Å². The lowest BCUT2D eigenvalue weighted by Gasteiger charge is -2.31. The fraction of sp³-hybridized carbons (Fsp3) is 0.235. The van der Waals surface area contributed by atoms with Gasteiger partial charge in [-0.2, -0.15) is 5.26 Å². The maximum atomic E-state index is 8.86. The summed E-state index contributed by atoms with van der Waals surface area (Å²) in [5.41, 5.74) is 8.83. The van der Waals surface area contributed by atoms with Crippen LogP contribution in [0.25, 0.3) is 0 Å². The zero-order valence-electron chi connectivity index (χ0n) is 11.7. The monoisotopic (exact) mass is 265 g/mol. The molecular formula is C17H19N3. The molecule has 3 nitrogen and oxygen atoms in total. The zero-order chi connectivity index (χ0) is 14.4. The van der Waals surface area contributed by atoms with Crippen molar-refractivity contribution in [3.8, 4) is 6.07 Å². The van der Waals surface area contributed by atoms with E-state index in [1.807, 2.05) is 42.5 Å². The Labute approximate surface area is 120 Å². The Morgan fingerprint density at radius 3 is 2.35 bits per heavy atom. The first-order valence-corrected chi connectivity index (χ1v) is 6.76. The van der Waals surface area contributed by atoms with Gasteiger partial charge in [0.25, 0.3) is 0 Å². The first kappa shape index (κ1) is 14.0. The van der Waals surface area contributed by atoms with Crippen LogP contribution in [0.1, 0.15) is 24.9 Å². The fourth-order valence-corrected chi connectivity index (χ4v) is 2.29. The van der Waals surface area contributed by atoms with E-state index in [0.717, 1.165) is 11.4 Å². The molecule has 102 valence electrons. The molecule has 1 unspecified atom stereocenters. The Morgan fingerprint density at radius 2 is 1.75 bits per heavy atom. The highest BCUT2D eigenvalue weighted by Crippen LogP contribution is 2.27. The van der Waals surface area contributed by atoms with Crippen molar-refractivity contribution in [2.75, 3.05) is 17.2 Å². The highest BCUT2D eigenvalue weighted by molar-refractivity contribution is 5.49. The second-order valence-electron chi connectivity index (χ2n) is 4.78. The Kier molecular flexibility index (Phi) is 4.62. The molecule has 3 heteroatoms. The predicted octanol–water partition coefficient (Wildman–Crippen LogP) is 3.75. The van der Waals surface area contributed by atoms with E-state index in [2.05, 4.69) is 30.0 Å². The average molecular weight is 265 g/mol. The molecule has 0 saturated heterocycles. The first-order chi connectivity index (χ1) is 9.72. The molecule has 2 N–H and O–H groups in total. The van der Waals surface area contributed by atoms with E-state index in [-0.39, 0.29) is 6.04 Å². The lowest BCUT2D eigenvalue weighted by molar-refractivity contribution is 0.674. The summed E-state index contributed by atoms with van der Waals surface area (Å²) in [6.07, 6.45) is 0.508. The fourth-order valence-electron chi connectivity index (χ4n) is 2.29. The molecule has 0 fully saturated rings. The molecular weight excluding hydrogens is 246 g/mol. The number of para-hydroxylation sites is 1. The van der Waals surface area contributed by atoms with Crippen molar-refractivity contribution in [2.24, 2.45) is 0 Å².